The summed E-state index contributed by atoms with van der Waals surface area (Å²) in [5.74, 6) is 0.461. The molecule has 0 fully saturated rings. The van der Waals surface area contributed by atoms with Gasteiger partial charge in [0.25, 0.3) is 0 Å². The van der Waals surface area contributed by atoms with Crippen molar-refractivity contribution in [2.75, 3.05) is 17.2 Å². The molecule has 5 nitrogen and oxygen atoms in total. The lowest BCUT2D eigenvalue weighted by Gasteiger charge is -2.22. The molecule has 0 bridgehead atoms. The predicted octanol–water partition coefficient (Wildman–Crippen LogP) is 3.74. The van der Waals surface area contributed by atoms with Gasteiger partial charge in [-0.2, -0.15) is 0 Å². The van der Waals surface area contributed by atoms with E-state index in [4.69, 9.17) is 0 Å². The van der Waals surface area contributed by atoms with E-state index in [9.17, 15) is 4.79 Å². The van der Waals surface area contributed by atoms with Crippen LogP contribution < -0.4 is 4.90 Å². The zero-order valence-corrected chi connectivity index (χ0v) is 15.5. The summed E-state index contributed by atoms with van der Waals surface area (Å²) in [6, 6.07) is 13.9. The zero-order valence-electron chi connectivity index (χ0n) is 13.8. The lowest BCUT2D eigenvalue weighted by molar-refractivity contribution is -0.116. The molecule has 0 N–H and O–H groups in total. The maximum Gasteiger partial charge on any atom is 0.237 e. The van der Waals surface area contributed by atoms with Crippen LogP contribution in [0.1, 0.15) is 13.3 Å². The average molecular weight is 371 g/mol. The molecular weight excluding hydrogens is 352 g/mol. The first-order valence-electron chi connectivity index (χ1n) is 8.21. The number of hydrogen-bond donors (Lipinski definition) is 0. The number of carbonyl (C=O) groups is 1. The highest BCUT2D eigenvalue weighted by molar-refractivity contribution is 8.00. The number of aromatic nitrogens is 3. The van der Waals surface area contributed by atoms with Gasteiger partial charge in [0.2, 0.25) is 5.91 Å². The number of thioether (sulfide) groups is 2. The first-order chi connectivity index (χ1) is 12.2. The minimum atomic E-state index is 0.111. The van der Waals surface area contributed by atoms with Crippen molar-refractivity contribution in [3.63, 3.8) is 0 Å². The van der Waals surface area contributed by atoms with Gasteiger partial charge >= 0.3 is 0 Å². The topological polar surface area (TPSA) is 50.5 Å². The second-order valence-corrected chi connectivity index (χ2v) is 8.35. The molecule has 1 amide bonds. The van der Waals surface area contributed by atoms with Gasteiger partial charge < -0.3 is 4.90 Å². The summed E-state index contributed by atoms with van der Waals surface area (Å²) >= 11 is 3.28. The Balaban J connectivity index is 1.53. The quantitative estimate of drug-likeness (QED) is 0.658. The smallest absolute Gasteiger partial charge is 0.237 e. The summed E-state index contributed by atoms with van der Waals surface area (Å²) in [6.45, 7) is 2.97. The first-order valence-corrected chi connectivity index (χ1v) is 10.1. The van der Waals surface area contributed by atoms with E-state index in [1.807, 2.05) is 63.7 Å². The number of rotatable bonds is 3. The van der Waals surface area contributed by atoms with Crippen LogP contribution >= 0.6 is 23.5 Å². The van der Waals surface area contributed by atoms with Crippen LogP contribution in [-0.4, -0.2) is 38.1 Å². The Bertz CT molecular complexity index is 911. The van der Waals surface area contributed by atoms with Crippen LogP contribution in [0.25, 0.3) is 5.65 Å². The van der Waals surface area contributed by atoms with E-state index in [1.54, 1.807) is 0 Å². The monoisotopic (exact) mass is 370 g/mol. The molecule has 2 aromatic heterocycles. The lowest BCUT2D eigenvalue weighted by atomic mass is 10.2. The number of anilines is 1. The van der Waals surface area contributed by atoms with Gasteiger partial charge in [0, 0.05) is 22.9 Å². The highest BCUT2D eigenvalue weighted by atomic mass is 32.2. The molecule has 128 valence electrons. The van der Waals surface area contributed by atoms with Crippen LogP contribution in [0.5, 0.6) is 0 Å². The van der Waals surface area contributed by atoms with E-state index in [-0.39, 0.29) is 5.91 Å². The van der Waals surface area contributed by atoms with Crippen LogP contribution in [0, 0.1) is 0 Å². The van der Waals surface area contributed by atoms with Crippen molar-refractivity contribution >= 4 is 40.8 Å². The molecular formula is C18H18N4OS2. The Morgan fingerprint density at radius 1 is 1.24 bits per heavy atom. The minimum Gasteiger partial charge on any atom is -0.311 e. The Hall–Kier alpha value is -1.99. The number of fused-ring (bicyclic) bond motifs is 2. The third-order valence-corrected chi connectivity index (χ3v) is 6.32. The molecule has 3 aromatic rings. The van der Waals surface area contributed by atoms with Crippen molar-refractivity contribution in [3.05, 3.63) is 48.7 Å². The van der Waals surface area contributed by atoms with E-state index >= 15 is 0 Å². The standard InChI is InChI=1S/C18H18N4OS2/c1-13-9-11-21(14-6-2-3-7-15(14)25-13)17(23)12-24-18-20-19-16-8-4-5-10-22(16)18/h2-8,10,13H,9,11-12H2,1H3/t13-/m1/s1. The van der Waals surface area contributed by atoms with Crippen molar-refractivity contribution in [3.8, 4) is 0 Å². The molecule has 1 aliphatic rings. The summed E-state index contributed by atoms with van der Waals surface area (Å²) in [4.78, 5) is 16.0. The van der Waals surface area contributed by atoms with Crippen molar-refractivity contribution in [2.24, 2.45) is 0 Å². The number of pyridine rings is 1. The predicted molar refractivity (Wildman–Crippen MR) is 102 cm³/mol. The van der Waals surface area contributed by atoms with E-state index in [1.165, 1.54) is 16.7 Å². The maximum absolute atomic E-state index is 12.9. The highest BCUT2D eigenvalue weighted by Crippen LogP contribution is 2.37. The van der Waals surface area contributed by atoms with E-state index in [2.05, 4.69) is 23.2 Å². The molecule has 1 aliphatic heterocycles. The van der Waals surface area contributed by atoms with E-state index < -0.39 is 0 Å². The second kappa shape index (κ2) is 7.09. The number of carbonyl (C=O) groups excluding carboxylic acids is 1. The van der Waals surface area contributed by atoms with Gasteiger partial charge in [0.1, 0.15) is 0 Å². The maximum atomic E-state index is 12.9. The van der Waals surface area contributed by atoms with Crippen LogP contribution in [0.15, 0.2) is 58.7 Å². The van der Waals surface area contributed by atoms with Gasteiger partial charge in [-0.1, -0.05) is 36.9 Å². The van der Waals surface area contributed by atoms with Crippen LogP contribution in [0.4, 0.5) is 5.69 Å². The van der Waals surface area contributed by atoms with Crippen molar-refractivity contribution in [1.29, 1.82) is 0 Å². The SMILES string of the molecule is C[C@@H]1CCN(C(=O)CSc2nnc3ccccn23)c2ccccc2S1. The van der Waals surface area contributed by atoms with E-state index in [0.29, 0.717) is 11.0 Å². The molecule has 0 unspecified atom stereocenters. The van der Waals surface area contributed by atoms with Crippen LogP contribution in [0.2, 0.25) is 0 Å². The summed E-state index contributed by atoms with van der Waals surface area (Å²) in [5, 5.41) is 9.57. The summed E-state index contributed by atoms with van der Waals surface area (Å²) in [7, 11) is 0. The van der Waals surface area contributed by atoms with Gasteiger partial charge in [-0.3, -0.25) is 9.20 Å². The molecule has 0 radical (unpaired) electrons. The number of amides is 1. The van der Waals surface area contributed by atoms with Gasteiger partial charge in [-0.05, 0) is 30.7 Å². The fraction of sp³-hybridized carbons (Fsp3) is 0.278. The number of para-hydroxylation sites is 1. The summed E-state index contributed by atoms with van der Waals surface area (Å²) in [5.41, 5.74) is 1.82. The fourth-order valence-electron chi connectivity index (χ4n) is 2.87. The molecule has 25 heavy (non-hydrogen) atoms. The molecule has 1 aromatic carbocycles. The Morgan fingerprint density at radius 2 is 2.08 bits per heavy atom. The number of benzene rings is 1. The molecule has 4 rings (SSSR count). The molecule has 3 heterocycles. The van der Waals surface area contributed by atoms with Crippen LogP contribution in [0.3, 0.4) is 0 Å². The molecule has 7 heteroatoms. The largest absolute Gasteiger partial charge is 0.311 e. The minimum absolute atomic E-state index is 0.111. The zero-order chi connectivity index (χ0) is 17.2. The average Bonchev–Trinajstić information content (AvgIpc) is 2.96. The van der Waals surface area contributed by atoms with Crippen molar-refractivity contribution in [1.82, 2.24) is 14.6 Å². The Kier molecular flexibility index (Phi) is 4.67. The number of hydrogen-bond acceptors (Lipinski definition) is 5. The summed E-state index contributed by atoms with van der Waals surface area (Å²) in [6.07, 6.45) is 2.91. The lowest BCUT2D eigenvalue weighted by Crippen LogP contribution is -2.33. The molecule has 1 atom stereocenters. The normalized spacial score (nSPS) is 17.3. The Morgan fingerprint density at radius 3 is 3.00 bits per heavy atom. The first kappa shape index (κ1) is 16.5. The van der Waals surface area contributed by atoms with Gasteiger partial charge in [0.05, 0.1) is 11.4 Å². The summed E-state index contributed by atoms with van der Waals surface area (Å²) < 4.78 is 1.91. The second-order valence-electron chi connectivity index (χ2n) is 5.93. The molecule has 0 spiro atoms. The molecule has 0 saturated carbocycles. The van der Waals surface area contributed by atoms with Gasteiger partial charge in [0.15, 0.2) is 10.8 Å². The Labute approximate surface area is 154 Å². The fourth-order valence-corrected chi connectivity index (χ4v) is 4.78. The number of nitrogens with zero attached hydrogens (tertiary/aromatic N) is 4. The van der Waals surface area contributed by atoms with Gasteiger partial charge in [-0.15, -0.1) is 22.0 Å². The van der Waals surface area contributed by atoms with Crippen LogP contribution in [-0.2, 0) is 4.79 Å². The van der Waals surface area contributed by atoms with E-state index in [0.717, 1.165) is 29.5 Å². The van der Waals surface area contributed by atoms with Crippen molar-refractivity contribution < 1.29 is 4.79 Å². The third-order valence-electron chi connectivity index (χ3n) is 4.15. The third kappa shape index (κ3) is 3.39. The molecule has 0 saturated heterocycles. The van der Waals surface area contributed by atoms with Gasteiger partial charge in [-0.25, -0.2) is 0 Å². The molecule has 0 aliphatic carbocycles. The highest BCUT2D eigenvalue weighted by Gasteiger charge is 2.24. The van der Waals surface area contributed by atoms with Crippen molar-refractivity contribution in [2.45, 2.75) is 28.6 Å².